The number of nitrogens with zero attached hydrogens (tertiary/aromatic N) is 1. The van der Waals surface area contributed by atoms with Crippen molar-refractivity contribution in [1.82, 2.24) is 4.98 Å². The SMILES string of the molecule is COc1ccc2nc3c(c(C)c2c1)CCC(C)O3. The normalized spacial score (nSPS) is 18.3. The van der Waals surface area contributed by atoms with Gasteiger partial charge in [-0.05, 0) is 50.5 Å². The summed E-state index contributed by atoms with van der Waals surface area (Å²) >= 11 is 0. The summed E-state index contributed by atoms with van der Waals surface area (Å²) in [5.74, 6) is 1.68. The zero-order valence-corrected chi connectivity index (χ0v) is 11.0. The molecule has 1 unspecified atom stereocenters. The van der Waals surface area contributed by atoms with Crippen LogP contribution in [0.4, 0.5) is 0 Å². The van der Waals surface area contributed by atoms with Crippen molar-refractivity contribution in [2.45, 2.75) is 32.8 Å². The topological polar surface area (TPSA) is 31.4 Å². The number of hydrogen-bond acceptors (Lipinski definition) is 3. The Kier molecular flexibility index (Phi) is 2.62. The fourth-order valence-electron chi connectivity index (χ4n) is 2.53. The number of benzene rings is 1. The summed E-state index contributed by atoms with van der Waals surface area (Å²) in [7, 11) is 1.69. The minimum Gasteiger partial charge on any atom is -0.497 e. The van der Waals surface area contributed by atoms with E-state index in [1.807, 2.05) is 12.1 Å². The molecule has 1 aliphatic rings. The highest BCUT2D eigenvalue weighted by molar-refractivity contribution is 5.85. The van der Waals surface area contributed by atoms with Gasteiger partial charge in [0.05, 0.1) is 18.7 Å². The van der Waals surface area contributed by atoms with Gasteiger partial charge in [-0.3, -0.25) is 0 Å². The standard InChI is InChI=1S/C15H17NO2/c1-9-4-6-12-10(2)13-8-11(17-3)5-7-14(13)16-15(12)18-9/h5,7-9H,4,6H2,1-3H3. The Morgan fingerprint density at radius 2 is 2.22 bits per heavy atom. The van der Waals surface area contributed by atoms with E-state index in [1.165, 1.54) is 11.1 Å². The fourth-order valence-corrected chi connectivity index (χ4v) is 2.53. The van der Waals surface area contributed by atoms with Gasteiger partial charge in [-0.2, -0.15) is 0 Å². The summed E-state index contributed by atoms with van der Waals surface area (Å²) in [6.45, 7) is 4.24. The van der Waals surface area contributed by atoms with Gasteiger partial charge in [0.2, 0.25) is 5.88 Å². The number of fused-ring (bicyclic) bond motifs is 2. The van der Waals surface area contributed by atoms with Crippen molar-refractivity contribution in [3.05, 3.63) is 29.3 Å². The van der Waals surface area contributed by atoms with E-state index in [0.717, 1.165) is 35.4 Å². The number of aromatic nitrogens is 1. The van der Waals surface area contributed by atoms with E-state index < -0.39 is 0 Å². The third-order valence-electron chi connectivity index (χ3n) is 3.65. The minimum atomic E-state index is 0.264. The zero-order valence-electron chi connectivity index (χ0n) is 11.0. The Morgan fingerprint density at radius 1 is 1.39 bits per heavy atom. The molecule has 2 aromatic rings. The first-order valence-electron chi connectivity index (χ1n) is 6.33. The lowest BCUT2D eigenvalue weighted by Crippen LogP contribution is -2.20. The van der Waals surface area contributed by atoms with Crippen LogP contribution in [0.5, 0.6) is 11.6 Å². The van der Waals surface area contributed by atoms with Crippen LogP contribution in [0.15, 0.2) is 18.2 Å². The molecule has 3 nitrogen and oxygen atoms in total. The maximum Gasteiger partial charge on any atom is 0.217 e. The van der Waals surface area contributed by atoms with E-state index in [9.17, 15) is 0 Å². The van der Waals surface area contributed by atoms with Crippen LogP contribution < -0.4 is 9.47 Å². The number of hydrogen-bond donors (Lipinski definition) is 0. The predicted molar refractivity (Wildman–Crippen MR) is 71.4 cm³/mol. The highest BCUT2D eigenvalue weighted by Gasteiger charge is 2.21. The van der Waals surface area contributed by atoms with E-state index >= 15 is 0 Å². The number of methoxy groups -OCH3 is 1. The van der Waals surface area contributed by atoms with Gasteiger partial charge < -0.3 is 9.47 Å². The lowest BCUT2D eigenvalue weighted by molar-refractivity contribution is 0.184. The highest BCUT2D eigenvalue weighted by atomic mass is 16.5. The largest absolute Gasteiger partial charge is 0.497 e. The summed E-state index contributed by atoms with van der Waals surface area (Å²) in [6.07, 6.45) is 2.37. The van der Waals surface area contributed by atoms with Gasteiger partial charge in [-0.25, -0.2) is 4.98 Å². The molecule has 0 bridgehead atoms. The van der Waals surface area contributed by atoms with Crippen molar-refractivity contribution in [2.24, 2.45) is 0 Å². The van der Waals surface area contributed by atoms with Crippen LogP contribution in [0.2, 0.25) is 0 Å². The molecule has 0 amide bonds. The Morgan fingerprint density at radius 3 is 3.00 bits per heavy atom. The Bertz CT molecular complexity index is 607. The first-order chi connectivity index (χ1) is 8.69. The van der Waals surface area contributed by atoms with Crippen LogP contribution >= 0.6 is 0 Å². The van der Waals surface area contributed by atoms with E-state index in [1.54, 1.807) is 7.11 Å². The molecule has 0 N–H and O–H groups in total. The monoisotopic (exact) mass is 243 g/mol. The molecule has 3 rings (SSSR count). The van der Waals surface area contributed by atoms with Gasteiger partial charge in [0, 0.05) is 10.9 Å². The minimum absolute atomic E-state index is 0.264. The van der Waals surface area contributed by atoms with Crippen molar-refractivity contribution in [1.29, 1.82) is 0 Å². The summed E-state index contributed by atoms with van der Waals surface area (Å²) in [6, 6.07) is 5.98. The number of ether oxygens (including phenoxy) is 2. The molecule has 1 aromatic heterocycles. The van der Waals surface area contributed by atoms with Crippen LogP contribution in [0.3, 0.4) is 0 Å². The van der Waals surface area contributed by atoms with Crippen molar-refractivity contribution in [3.8, 4) is 11.6 Å². The van der Waals surface area contributed by atoms with Crippen molar-refractivity contribution >= 4 is 10.9 Å². The molecule has 1 aliphatic heterocycles. The summed E-state index contributed by atoms with van der Waals surface area (Å²) in [5, 5.41) is 1.16. The molecule has 94 valence electrons. The second-order valence-corrected chi connectivity index (χ2v) is 4.87. The summed E-state index contributed by atoms with van der Waals surface area (Å²) < 4.78 is 11.1. The molecular weight excluding hydrogens is 226 g/mol. The van der Waals surface area contributed by atoms with Crippen LogP contribution in [-0.2, 0) is 6.42 Å². The maximum atomic E-state index is 5.83. The van der Waals surface area contributed by atoms with Gasteiger partial charge in [0.25, 0.3) is 0 Å². The molecule has 0 spiro atoms. The highest BCUT2D eigenvalue weighted by Crippen LogP contribution is 2.34. The first-order valence-corrected chi connectivity index (χ1v) is 6.33. The molecule has 1 atom stereocenters. The predicted octanol–water partition coefficient (Wildman–Crippen LogP) is 3.27. The molecule has 2 heterocycles. The maximum absolute atomic E-state index is 5.83. The Balaban J connectivity index is 2.23. The van der Waals surface area contributed by atoms with Gasteiger partial charge in [0.1, 0.15) is 5.75 Å². The van der Waals surface area contributed by atoms with Gasteiger partial charge in [-0.1, -0.05) is 0 Å². The van der Waals surface area contributed by atoms with Crippen molar-refractivity contribution < 1.29 is 9.47 Å². The van der Waals surface area contributed by atoms with Crippen LogP contribution in [0, 0.1) is 6.92 Å². The molecule has 0 aliphatic carbocycles. The second kappa shape index (κ2) is 4.16. The molecule has 0 radical (unpaired) electrons. The molecule has 18 heavy (non-hydrogen) atoms. The van der Waals surface area contributed by atoms with E-state index in [2.05, 4.69) is 24.9 Å². The number of pyridine rings is 1. The Labute approximate surface area is 107 Å². The lowest BCUT2D eigenvalue weighted by Gasteiger charge is -2.24. The average Bonchev–Trinajstić information content (AvgIpc) is 2.38. The van der Waals surface area contributed by atoms with E-state index in [0.29, 0.717) is 0 Å². The third-order valence-corrected chi connectivity index (χ3v) is 3.65. The molecule has 3 heteroatoms. The zero-order chi connectivity index (χ0) is 12.7. The lowest BCUT2D eigenvalue weighted by atomic mass is 9.97. The molecule has 0 fully saturated rings. The smallest absolute Gasteiger partial charge is 0.217 e. The second-order valence-electron chi connectivity index (χ2n) is 4.87. The quantitative estimate of drug-likeness (QED) is 0.770. The van der Waals surface area contributed by atoms with E-state index in [-0.39, 0.29) is 6.10 Å². The molecular formula is C15H17NO2. The van der Waals surface area contributed by atoms with Crippen LogP contribution in [0.1, 0.15) is 24.5 Å². The summed E-state index contributed by atoms with van der Waals surface area (Å²) in [5.41, 5.74) is 3.48. The number of aryl methyl sites for hydroxylation is 1. The van der Waals surface area contributed by atoms with Gasteiger partial charge >= 0.3 is 0 Å². The van der Waals surface area contributed by atoms with Gasteiger partial charge in [-0.15, -0.1) is 0 Å². The fraction of sp³-hybridized carbons (Fsp3) is 0.400. The van der Waals surface area contributed by atoms with E-state index in [4.69, 9.17) is 9.47 Å². The van der Waals surface area contributed by atoms with Crippen molar-refractivity contribution in [3.63, 3.8) is 0 Å². The van der Waals surface area contributed by atoms with Gasteiger partial charge in [0.15, 0.2) is 0 Å². The third kappa shape index (κ3) is 1.70. The van der Waals surface area contributed by atoms with Crippen molar-refractivity contribution in [2.75, 3.05) is 7.11 Å². The average molecular weight is 243 g/mol. The van der Waals surface area contributed by atoms with Crippen LogP contribution in [-0.4, -0.2) is 18.2 Å². The Hall–Kier alpha value is -1.77. The summed E-state index contributed by atoms with van der Waals surface area (Å²) in [4.78, 5) is 4.62. The van der Waals surface area contributed by atoms with Crippen LogP contribution in [0.25, 0.3) is 10.9 Å². The number of rotatable bonds is 1. The molecule has 1 aromatic carbocycles. The molecule has 0 saturated carbocycles. The first kappa shape index (κ1) is 11.3. The molecule has 0 saturated heterocycles.